The van der Waals surface area contributed by atoms with Crippen LogP contribution in [0.1, 0.15) is 42.8 Å². The number of rotatable bonds is 8. The number of amides is 1. The van der Waals surface area contributed by atoms with Crippen LogP contribution in [-0.2, 0) is 6.42 Å². The van der Waals surface area contributed by atoms with Crippen LogP contribution < -0.4 is 14.8 Å². The van der Waals surface area contributed by atoms with Gasteiger partial charge in [0.25, 0.3) is 5.91 Å². The molecule has 0 aliphatic rings. The summed E-state index contributed by atoms with van der Waals surface area (Å²) in [5.74, 6) is 1.56. The van der Waals surface area contributed by atoms with Crippen molar-refractivity contribution in [2.45, 2.75) is 38.6 Å². The van der Waals surface area contributed by atoms with Gasteiger partial charge in [-0.3, -0.25) is 4.79 Å². The van der Waals surface area contributed by atoms with Crippen LogP contribution in [0.2, 0.25) is 0 Å². The lowest BCUT2D eigenvalue weighted by Gasteiger charge is -2.30. The standard InChI is InChI=1S/C18H24N2O4/c1-5-18(2,11-9-13-10-12-19-24-13)20-17(21)16-14(22-3)7-6-8-15(16)23-4/h6-8,10,12H,5,9,11H2,1-4H3,(H,20,21)/t18-/m1/s1. The SMILES string of the molecule is CC[C@](C)(CCc1ccno1)NC(=O)c1c(OC)cccc1OC. The zero-order valence-corrected chi connectivity index (χ0v) is 14.6. The average Bonchev–Trinajstić information content (AvgIpc) is 3.12. The molecule has 1 N–H and O–H groups in total. The molecule has 0 fully saturated rings. The quantitative estimate of drug-likeness (QED) is 0.803. The monoisotopic (exact) mass is 332 g/mol. The van der Waals surface area contributed by atoms with E-state index in [1.807, 2.05) is 19.9 Å². The zero-order valence-electron chi connectivity index (χ0n) is 14.6. The predicted octanol–water partition coefficient (Wildman–Crippen LogP) is 3.22. The van der Waals surface area contributed by atoms with Crippen LogP contribution in [0.3, 0.4) is 0 Å². The lowest BCUT2D eigenvalue weighted by Crippen LogP contribution is -2.46. The summed E-state index contributed by atoms with van der Waals surface area (Å²) in [5, 5.41) is 6.82. The number of carbonyl (C=O) groups excluding carboxylic acids is 1. The second-order valence-electron chi connectivity index (χ2n) is 5.88. The van der Waals surface area contributed by atoms with E-state index in [4.69, 9.17) is 14.0 Å². The van der Waals surface area contributed by atoms with Gasteiger partial charge in [0.05, 0.1) is 20.4 Å². The first-order valence-corrected chi connectivity index (χ1v) is 7.96. The molecular formula is C18H24N2O4. The summed E-state index contributed by atoms with van der Waals surface area (Å²) in [7, 11) is 3.07. The lowest BCUT2D eigenvalue weighted by atomic mass is 9.91. The van der Waals surface area contributed by atoms with Crippen LogP contribution >= 0.6 is 0 Å². The molecule has 0 aliphatic carbocycles. The van der Waals surface area contributed by atoms with Crippen molar-refractivity contribution in [1.82, 2.24) is 10.5 Å². The Bertz CT molecular complexity index is 647. The first-order chi connectivity index (χ1) is 11.5. The largest absolute Gasteiger partial charge is 0.496 e. The molecule has 0 saturated heterocycles. The molecule has 6 nitrogen and oxygen atoms in total. The van der Waals surface area contributed by atoms with Crippen molar-refractivity contribution in [3.8, 4) is 11.5 Å². The van der Waals surface area contributed by atoms with Gasteiger partial charge in [0.1, 0.15) is 22.8 Å². The number of aromatic nitrogens is 1. The van der Waals surface area contributed by atoms with Crippen LogP contribution in [0.4, 0.5) is 0 Å². The maximum absolute atomic E-state index is 12.8. The summed E-state index contributed by atoms with van der Waals surface area (Å²) in [4.78, 5) is 12.8. The molecule has 24 heavy (non-hydrogen) atoms. The molecule has 1 heterocycles. The average molecular weight is 332 g/mol. The van der Waals surface area contributed by atoms with Crippen LogP contribution in [0, 0.1) is 0 Å². The van der Waals surface area contributed by atoms with Crippen molar-refractivity contribution < 1.29 is 18.8 Å². The number of benzene rings is 1. The van der Waals surface area contributed by atoms with Gasteiger partial charge in [-0.25, -0.2) is 0 Å². The number of hydrogen-bond donors (Lipinski definition) is 1. The number of carbonyl (C=O) groups is 1. The van der Waals surface area contributed by atoms with Gasteiger partial charge in [-0.2, -0.15) is 0 Å². The van der Waals surface area contributed by atoms with Gasteiger partial charge in [-0.05, 0) is 31.9 Å². The molecule has 0 bridgehead atoms. The third kappa shape index (κ3) is 4.07. The highest BCUT2D eigenvalue weighted by molar-refractivity contribution is 6.00. The number of nitrogens with zero attached hydrogens (tertiary/aromatic N) is 1. The molecule has 1 amide bonds. The van der Waals surface area contributed by atoms with Crippen molar-refractivity contribution in [2.75, 3.05) is 14.2 Å². The normalized spacial score (nSPS) is 13.2. The molecule has 6 heteroatoms. The third-order valence-corrected chi connectivity index (χ3v) is 4.26. The number of nitrogens with one attached hydrogen (secondary N) is 1. The summed E-state index contributed by atoms with van der Waals surface area (Å²) < 4.78 is 15.8. The number of aryl methyl sites for hydroxylation is 1. The fraction of sp³-hybridized carbons (Fsp3) is 0.444. The van der Waals surface area contributed by atoms with Gasteiger partial charge in [0, 0.05) is 18.0 Å². The van der Waals surface area contributed by atoms with Crippen molar-refractivity contribution in [1.29, 1.82) is 0 Å². The fourth-order valence-electron chi connectivity index (χ4n) is 2.51. The van der Waals surface area contributed by atoms with Crippen LogP contribution in [0.15, 0.2) is 35.0 Å². The Morgan fingerprint density at radius 2 is 1.92 bits per heavy atom. The molecule has 130 valence electrons. The van der Waals surface area contributed by atoms with E-state index in [1.54, 1.807) is 24.4 Å². The van der Waals surface area contributed by atoms with E-state index in [0.29, 0.717) is 23.5 Å². The second-order valence-corrected chi connectivity index (χ2v) is 5.88. The molecule has 0 radical (unpaired) electrons. The molecule has 1 aromatic heterocycles. The Labute approximate surface area is 142 Å². The predicted molar refractivity (Wildman–Crippen MR) is 90.5 cm³/mol. The van der Waals surface area contributed by atoms with Crippen LogP contribution in [0.5, 0.6) is 11.5 Å². The molecule has 0 spiro atoms. The van der Waals surface area contributed by atoms with E-state index in [-0.39, 0.29) is 11.4 Å². The molecule has 0 aliphatic heterocycles. The van der Waals surface area contributed by atoms with E-state index in [2.05, 4.69) is 10.5 Å². The van der Waals surface area contributed by atoms with Crippen molar-refractivity contribution in [2.24, 2.45) is 0 Å². The number of ether oxygens (including phenoxy) is 2. The molecule has 0 unspecified atom stereocenters. The maximum atomic E-state index is 12.8. The topological polar surface area (TPSA) is 73.6 Å². The zero-order chi connectivity index (χ0) is 17.6. The van der Waals surface area contributed by atoms with E-state index in [9.17, 15) is 4.79 Å². The first-order valence-electron chi connectivity index (χ1n) is 7.96. The minimum absolute atomic E-state index is 0.216. The number of hydrogen-bond acceptors (Lipinski definition) is 5. The maximum Gasteiger partial charge on any atom is 0.259 e. The Balaban J connectivity index is 2.16. The second kappa shape index (κ2) is 7.86. The highest BCUT2D eigenvalue weighted by atomic mass is 16.5. The first kappa shape index (κ1) is 17.8. The van der Waals surface area contributed by atoms with Gasteiger partial charge in [0.15, 0.2) is 0 Å². The van der Waals surface area contributed by atoms with E-state index < -0.39 is 0 Å². The van der Waals surface area contributed by atoms with Gasteiger partial charge >= 0.3 is 0 Å². The Morgan fingerprint density at radius 3 is 2.42 bits per heavy atom. The highest BCUT2D eigenvalue weighted by Crippen LogP contribution is 2.29. The van der Waals surface area contributed by atoms with Crippen LogP contribution in [0.25, 0.3) is 0 Å². The van der Waals surface area contributed by atoms with E-state index in [0.717, 1.165) is 18.6 Å². The summed E-state index contributed by atoms with van der Waals surface area (Å²) in [6.45, 7) is 4.06. The van der Waals surface area contributed by atoms with Crippen LogP contribution in [-0.4, -0.2) is 30.8 Å². The minimum atomic E-state index is -0.379. The van der Waals surface area contributed by atoms with Gasteiger partial charge in [0.2, 0.25) is 0 Å². The van der Waals surface area contributed by atoms with Gasteiger partial charge in [-0.1, -0.05) is 18.1 Å². The summed E-state index contributed by atoms with van der Waals surface area (Å²) >= 11 is 0. The highest BCUT2D eigenvalue weighted by Gasteiger charge is 2.28. The molecular weight excluding hydrogens is 308 g/mol. The van der Waals surface area contributed by atoms with Crippen molar-refractivity contribution in [3.05, 3.63) is 41.8 Å². The third-order valence-electron chi connectivity index (χ3n) is 4.26. The molecule has 2 aromatic rings. The molecule has 1 atom stereocenters. The Morgan fingerprint density at radius 1 is 1.25 bits per heavy atom. The number of methoxy groups -OCH3 is 2. The van der Waals surface area contributed by atoms with E-state index >= 15 is 0 Å². The van der Waals surface area contributed by atoms with Crippen molar-refractivity contribution >= 4 is 5.91 Å². The minimum Gasteiger partial charge on any atom is -0.496 e. The smallest absolute Gasteiger partial charge is 0.259 e. The van der Waals surface area contributed by atoms with Crippen molar-refractivity contribution in [3.63, 3.8) is 0 Å². The fourth-order valence-corrected chi connectivity index (χ4v) is 2.51. The summed E-state index contributed by atoms with van der Waals surface area (Å²) in [5.41, 5.74) is 0.0253. The van der Waals surface area contributed by atoms with Gasteiger partial charge < -0.3 is 19.3 Å². The van der Waals surface area contributed by atoms with E-state index in [1.165, 1.54) is 14.2 Å². The lowest BCUT2D eigenvalue weighted by molar-refractivity contribution is 0.0891. The molecule has 0 saturated carbocycles. The van der Waals surface area contributed by atoms with Gasteiger partial charge in [-0.15, -0.1) is 0 Å². The summed E-state index contributed by atoms with van der Waals surface area (Å²) in [6, 6.07) is 7.11. The Hall–Kier alpha value is -2.50. The molecule has 2 rings (SSSR count). The molecule has 1 aromatic carbocycles. The summed E-state index contributed by atoms with van der Waals surface area (Å²) in [6.07, 6.45) is 3.84. The Kier molecular flexibility index (Phi) is 5.84.